The Hall–Kier alpha value is 0.110. The van der Waals surface area contributed by atoms with Gasteiger partial charge < -0.3 is 4.74 Å². The Bertz CT molecular complexity index is 325. The Morgan fingerprint density at radius 2 is 1.94 bits per heavy atom. The van der Waals surface area contributed by atoms with Crippen LogP contribution in [-0.2, 0) is 9.53 Å². The van der Waals surface area contributed by atoms with Crippen LogP contribution in [0, 0.1) is 17.3 Å². The van der Waals surface area contributed by atoms with Crippen LogP contribution in [0.15, 0.2) is 0 Å². The summed E-state index contributed by atoms with van der Waals surface area (Å²) in [5.74, 6) is 1.93. The van der Waals surface area contributed by atoms with Crippen LogP contribution in [0.2, 0.25) is 0 Å². The molecule has 0 aromatic rings. The molecule has 4 aliphatic carbocycles. The highest BCUT2D eigenvalue weighted by Gasteiger charge is 2.59. The van der Waals surface area contributed by atoms with E-state index in [0.29, 0.717) is 19.0 Å². The zero-order chi connectivity index (χ0) is 12.1. The van der Waals surface area contributed by atoms with E-state index in [9.17, 15) is 4.79 Å². The Kier molecular flexibility index (Phi) is 2.90. The average molecular weight is 301 g/mol. The van der Waals surface area contributed by atoms with E-state index in [4.69, 9.17) is 4.74 Å². The second kappa shape index (κ2) is 4.06. The number of ether oxygens (including phenoxy) is 1. The number of hydrogen-bond donors (Lipinski definition) is 0. The standard InChI is InChI=1S/C14H21BrO2/c1-2-17-8-12(16)13-4-10-3-11(5-13)7-14(15,6-10)9-13/h10-11H,2-9H2,1H3/t10-,11+,13?,14?. The van der Waals surface area contributed by atoms with Crippen LogP contribution in [0.4, 0.5) is 0 Å². The highest BCUT2D eigenvalue weighted by Crippen LogP contribution is 2.64. The van der Waals surface area contributed by atoms with Crippen molar-refractivity contribution in [1.82, 2.24) is 0 Å². The molecule has 4 fully saturated rings. The maximum absolute atomic E-state index is 12.5. The van der Waals surface area contributed by atoms with E-state index < -0.39 is 0 Å². The van der Waals surface area contributed by atoms with Gasteiger partial charge in [0.2, 0.25) is 0 Å². The van der Waals surface area contributed by atoms with Gasteiger partial charge in [0.25, 0.3) is 0 Å². The van der Waals surface area contributed by atoms with Gasteiger partial charge in [0.1, 0.15) is 6.61 Å². The minimum Gasteiger partial charge on any atom is -0.374 e. The molecule has 0 N–H and O–H groups in total. The van der Waals surface area contributed by atoms with E-state index in [0.717, 1.165) is 31.1 Å². The zero-order valence-electron chi connectivity index (χ0n) is 10.5. The van der Waals surface area contributed by atoms with E-state index in [1.807, 2.05) is 6.92 Å². The van der Waals surface area contributed by atoms with Crippen molar-refractivity contribution in [3.05, 3.63) is 0 Å². The topological polar surface area (TPSA) is 26.3 Å². The van der Waals surface area contributed by atoms with E-state index in [1.54, 1.807) is 0 Å². The number of rotatable bonds is 4. The lowest BCUT2D eigenvalue weighted by Gasteiger charge is -2.59. The Morgan fingerprint density at radius 3 is 2.47 bits per heavy atom. The van der Waals surface area contributed by atoms with Crippen LogP contribution in [-0.4, -0.2) is 23.3 Å². The molecular formula is C14H21BrO2. The Morgan fingerprint density at radius 1 is 1.29 bits per heavy atom. The molecular weight excluding hydrogens is 280 g/mol. The monoisotopic (exact) mass is 300 g/mol. The molecule has 4 bridgehead atoms. The van der Waals surface area contributed by atoms with Gasteiger partial charge in [-0.25, -0.2) is 0 Å². The maximum atomic E-state index is 12.5. The van der Waals surface area contributed by atoms with Crippen molar-refractivity contribution in [3.63, 3.8) is 0 Å². The first kappa shape index (κ1) is 12.2. The third-order valence-corrected chi connectivity index (χ3v) is 5.95. The molecule has 3 heteroatoms. The van der Waals surface area contributed by atoms with Gasteiger partial charge >= 0.3 is 0 Å². The van der Waals surface area contributed by atoms with E-state index in [1.165, 1.54) is 19.3 Å². The summed E-state index contributed by atoms with van der Waals surface area (Å²) in [6, 6.07) is 0. The summed E-state index contributed by atoms with van der Waals surface area (Å²) in [4.78, 5) is 12.5. The molecule has 0 aromatic carbocycles. The molecule has 17 heavy (non-hydrogen) atoms. The van der Waals surface area contributed by atoms with E-state index in [-0.39, 0.29) is 9.74 Å². The number of Topliss-reactive ketones (excluding diaryl/α,β-unsaturated/α-hetero) is 1. The molecule has 2 nitrogen and oxygen atoms in total. The van der Waals surface area contributed by atoms with Gasteiger partial charge in [0.15, 0.2) is 5.78 Å². The highest BCUT2D eigenvalue weighted by atomic mass is 79.9. The Labute approximate surface area is 112 Å². The Balaban J connectivity index is 1.81. The molecule has 4 saturated carbocycles. The van der Waals surface area contributed by atoms with E-state index in [2.05, 4.69) is 15.9 Å². The van der Waals surface area contributed by atoms with Crippen molar-refractivity contribution in [1.29, 1.82) is 0 Å². The zero-order valence-corrected chi connectivity index (χ0v) is 12.1. The lowest BCUT2D eigenvalue weighted by molar-refractivity contribution is -0.146. The van der Waals surface area contributed by atoms with Crippen molar-refractivity contribution < 1.29 is 9.53 Å². The molecule has 0 amide bonds. The molecule has 0 aliphatic heterocycles. The van der Waals surface area contributed by atoms with Crippen molar-refractivity contribution in [2.24, 2.45) is 17.3 Å². The quantitative estimate of drug-likeness (QED) is 0.745. The summed E-state index contributed by atoms with van der Waals surface area (Å²) >= 11 is 3.94. The SMILES string of the molecule is CCOCC(=O)C12C[C@@H]3C[C@@H](CC(Br)(C3)C1)C2. The van der Waals surface area contributed by atoms with Crippen molar-refractivity contribution >= 4 is 21.7 Å². The normalized spacial score (nSPS) is 47.4. The number of alkyl halides is 1. The fraction of sp³-hybridized carbons (Fsp3) is 0.929. The molecule has 0 radical (unpaired) electrons. The minimum absolute atomic E-state index is 0.0389. The van der Waals surface area contributed by atoms with Crippen LogP contribution in [0.25, 0.3) is 0 Å². The summed E-state index contributed by atoms with van der Waals surface area (Å²) in [5, 5.41) is 0. The van der Waals surface area contributed by atoms with Gasteiger partial charge in [0, 0.05) is 16.3 Å². The summed E-state index contributed by atoms with van der Waals surface area (Å²) < 4.78 is 5.63. The number of halogens is 1. The molecule has 4 rings (SSSR count). The van der Waals surface area contributed by atoms with Gasteiger partial charge in [-0.1, -0.05) is 15.9 Å². The van der Waals surface area contributed by atoms with Crippen molar-refractivity contribution in [2.75, 3.05) is 13.2 Å². The summed E-state index contributed by atoms with van der Waals surface area (Å²) in [5.41, 5.74) is -0.0389. The molecule has 0 spiro atoms. The second-order valence-electron chi connectivity index (χ2n) is 6.45. The second-order valence-corrected chi connectivity index (χ2v) is 8.13. The number of carbonyl (C=O) groups excluding carboxylic acids is 1. The third kappa shape index (κ3) is 1.99. The fourth-order valence-electron chi connectivity index (χ4n) is 4.82. The van der Waals surface area contributed by atoms with E-state index >= 15 is 0 Å². The number of hydrogen-bond acceptors (Lipinski definition) is 2. The third-order valence-electron chi connectivity index (χ3n) is 5.02. The van der Waals surface area contributed by atoms with Crippen molar-refractivity contribution in [3.8, 4) is 0 Å². The highest BCUT2D eigenvalue weighted by molar-refractivity contribution is 9.10. The number of ketones is 1. The van der Waals surface area contributed by atoms with Crippen LogP contribution in [0.5, 0.6) is 0 Å². The first-order valence-electron chi connectivity index (χ1n) is 6.85. The lowest BCUT2D eigenvalue weighted by atomic mass is 9.48. The van der Waals surface area contributed by atoms with Gasteiger partial charge in [-0.2, -0.15) is 0 Å². The fourth-order valence-corrected chi connectivity index (χ4v) is 6.28. The first-order valence-corrected chi connectivity index (χ1v) is 7.64. The minimum atomic E-state index is -0.0389. The maximum Gasteiger partial charge on any atom is 0.164 e. The molecule has 4 atom stereocenters. The molecule has 96 valence electrons. The van der Waals surface area contributed by atoms with Gasteiger partial charge in [0.05, 0.1) is 0 Å². The van der Waals surface area contributed by atoms with Crippen LogP contribution in [0.1, 0.15) is 45.4 Å². The predicted molar refractivity (Wildman–Crippen MR) is 70.3 cm³/mol. The molecule has 2 unspecified atom stereocenters. The molecule has 0 heterocycles. The molecule has 0 saturated heterocycles. The van der Waals surface area contributed by atoms with Crippen molar-refractivity contribution in [2.45, 2.75) is 49.8 Å². The summed E-state index contributed by atoms with van der Waals surface area (Å²) in [6.07, 6.45) is 7.24. The van der Waals surface area contributed by atoms with Gasteiger partial charge in [-0.15, -0.1) is 0 Å². The van der Waals surface area contributed by atoms with Gasteiger partial charge in [-0.3, -0.25) is 4.79 Å². The van der Waals surface area contributed by atoms with Crippen LogP contribution < -0.4 is 0 Å². The van der Waals surface area contributed by atoms with Crippen LogP contribution in [0.3, 0.4) is 0 Å². The lowest BCUT2D eigenvalue weighted by Crippen LogP contribution is -2.56. The predicted octanol–water partition coefficient (Wildman–Crippen LogP) is 3.33. The van der Waals surface area contributed by atoms with Crippen LogP contribution >= 0.6 is 15.9 Å². The number of carbonyl (C=O) groups is 1. The molecule has 4 aliphatic rings. The first-order chi connectivity index (χ1) is 8.05. The van der Waals surface area contributed by atoms with Gasteiger partial charge in [-0.05, 0) is 57.3 Å². The molecule has 0 aromatic heterocycles. The largest absolute Gasteiger partial charge is 0.374 e. The smallest absolute Gasteiger partial charge is 0.164 e. The average Bonchev–Trinajstić information content (AvgIpc) is 2.22. The summed E-state index contributed by atoms with van der Waals surface area (Å²) in [6.45, 7) is 2.94. The summed E-state index contributed by atoms with van der Waals surface area (Å²) in [7, 11) is 0.